The Labute approximate surface area is 114 Å². The van der Waals surface area contributed by atoms with Gasteiger partial charge in [0.1, 0.15) is 0 Å². The molecule has 5 N–H and O–H groups in total. The molecule has 0 radical (unpaired) electrons. The van der Waals surface area contributed by atoms with Gasteiger partial charge in [-0.15, -0.1) is 0 Å². The number of aliphatic hydroxyl groups is 1. The fourth-order valence-corrected chi connectivity index (χ4v) is 1.04. The third-order valence-corrected chi connectivity index (χ3v) is 2.03. The maximum Gasteiger partial charge on any atom is 0.336 e. The summed E-state index contributed by atoms with van der Waals surface area (Å²) >= 11 is 0. The van der Waals surface area contributed by atoms with Gasteiger partial charge < -0.3 is 25.5 Å². The molecule has 0 bridgehead atoms. The molecular weight excluding hydrogens is 276 g/mol. The topological polar surface area (TPSA) is 169 Å². The molecular formula is C11H18O9. The molecule has 0 aromatic heterocycles. The Morgan fingerprint density at radius 3 is 1.40 bits per heavy atom. The van der Waals surface area contributed by atoms with Crippen molar-refractivity contribution in [1.29, 1.82) is 0 Å². The summed E-state index contributed by atoms with van der Waals surface area (Å²) in [5.74, 6) is -5.71. The molecule has 0 amide bonds. The molecule has 0 spiro atoms. The van der Waals surface area contributed by atoms with Crippen LogP contribution in [0.1, 0.15) is 39.0 Å². The number of carboxylic acids is 4. The predicted molar refractivity (Wildman–Crippen MR) is 64.3 cm³/mol. The first-order valence-electron chi connectivity index (χ1n) is 5.66. The van der Waals surface area contributed by atoms with Gasteiger partial charge >= 0.3 is 23.9 Å². The fraction of sp³-hybridized carbons (Fsp3) is 0.636. The van der Waals surface area contributed by atoms with E-state index in [1.54, 1.807) is 0 Å². The summed E-state index contributed by atoms with van der Waals surface area (Å²) in [6.07, 6.45) is -0.207. The minimum atomic E-state index is -2.74. The molecule has 9 nitrogen and oxygen atoms in total. The van der Waals surface area contributed by atoms with Gasteiger partial charge in [0.15, 0.2) is 5.60 Å². The van der Waals surface area contributed by atoms with Gasteiger partial charge in [-0.2, -0.15) is 0 Å². The van der Waals surface area contributed by atoms with Gasteiger partial charge in [0, 0.05) is 6.42 Å². The summed E-state index contributed by atoms with van der Waals surface area (Å²) in [5.41, 5.74) is -2.74. The molecule has 9 heteroatoms. The maximum absolute atomic E-state index is 10.3. The second-order valence-corrected chi connectivity index (χ2v) is 3.98. The highest BCUT2D eigenvalue weighted by Crippen LogP contribution is 2.15. The zero-order valence-corrected chi connectivity index (χ0v) is 10.9. The SMILES string of the molecule is CCCCC(=O)O.O=C(O)CC(O)(CC(=O)O)C(=O)O. The number of hydrogen-bond acceptors (Lipinski definition) is 5. The van der Waals surface area contributed by atoms with E-state index in [1.807, 2.05) is 6.92 Å². The highest BCUT2D eigenvalue weighted by Gasteiger charge is 2.40. The number of carbonyl (C=O) groups is 4. The van der Waals surface area contributed by atoms with E-state index in [9.17, 15) is 19.2 Å². The van der Waals surface area contributed by atoms with Crippen LogP contribution >= 0.6 is 0 Å². The monoisotopic (exact) mass is 294 g/mol. The summed E-state index contributed by atoms with van der Waals surface area (Å²) in [6, 6.07) is 0. The lowest BCUT2D eigenvalue weighted by atomic mass is 9.96. The maximum atomic E-state index is 10.3. The first-order valence-corrected chi connectivity index (χ1v) is 5.66. The van der Waals surface area contributed by atoms with Crippen LogP contribution in [0.25, 0.3) is 0 Å². The zero-order chi connectivity index (χ0) is 16.3. The van der Waals surface area contributed by atoms with Crippen LogP contribution in [0.2, 0.25) is 0 Å². The first kappa shape index (κ1) is 20.2. The molecule has 0 fully saturated rings. The van der Waals surface area contributed by atoms with E-state index in [4.69, 9.17) is 25.5 Å². The minimum Gasteiger partial charge on any atom is -0.481 e. The molecule has 0 aliphatic carbocycles. The molecule has 0 saturated heterocycles. The van der Waals surface area contributed by atoms with E-state index in [1.165, 1.54) is 0 Å². The van der Waals surface area contributed by atoms with Crippen LogP contribution < -0.4 is 0 Å². The molecule has 0 rings (SSSR count). The Kier molecular flexibility index (Phi) is 9.81. The van der Waals surface area contributed by atoms with Gasteiger partial charge in [-0.05, 0) is 6.42 Å². The molecule has 0 aromatic carbocycles. The van der Waals surface area contributed by atoms with Gasteiger partial charge in [-0.25, -0.2) is 4.79 Å². The van der Waals surface area contributed by atoms with Crippen molar-refractivity contribution in [3.8, 4) is 0 Å². The van der Waals surface area contributed by atoms with Crippen LogP contribution in [0.15, 0.2) is 0 Å². The summed E-state index contributed by atoms with van der Waals surface area (Å²) in [7, 11) is 0. The van der Waals surface area contributed by atoms with Crippen LogP contribution in [0, 0.1) is 0 Å². The van der Waals surface area contributed by atoms with Crippen LogP contribution in [0.5, 0.6) is 0 Å². The fourth-order valence-electron chi connectivity index (χ4n) is 1.04. The molecule has 0 aromatic rings. The van der Waals surface area contributed by atoms with E-state index in [0.717, 1.165) is 12.8 Å². The molecule has 0 saturated carbocycles. The average molecular weight is 294 g/mol. The van der Waals surface area contributed by atoms with E-state index in [-0.39, 0.29) is 0 Å². The third-order valence-electron chi connectivity index (χ3n) is 2.03. The quantitative estimate of drug-likeness (QED) is 0.413. The average Bonchev–Trinajstić information content (AvgIpc) is 2.24. The van der Waals surface area contributed by atoms with Crippen molar-refractivity contribution in [2.24, 2.45) is 0 Å². The van der Waals surface area contributed by atoms with E-state index >= 15 is 0 Å². The van der Waals surface area contributed by atoms with Crippen molar-refractivity contribution >= 4 is 23.9 Å². The Morgan fingerprint density at radius 2 is 1.25 bits per heavy atom. The van der Waals surface area contributed by atoms with Crippen LogP contribution in [0.4, 0.5) is 0 Å². The molecule has 0 aliphatic rings. The molecule has 0 heterocycles. The summed E-state index contributed by atoms with van der Waals surface area (Å²) in [5, 5.41) is 41.9. The lowest BCUT2D eigenvalue weighted by molar-refractivity contribution is -0.170. The Bertz CT molecular complexity index is 345. The Morgan fingerprint density at radius 1 is 0.850 bits per heavy atom. The lowest BCUT2D eigenvalue weighted by Crippen LogP contribution is -2.42. The number of rotatable bonds is 8. The third kappa shape index (κ3) is 11.0. The molecule has 0 atom stereocenters. The minimum absolute atomic E-state index is 0.316. The predicted octanol–water partition coefficient (Wildman–Crippen LogP) is 0.0127. The number of hydrogen-bond donors (Lipinski definition) is 5. The summed E-state index contributed by atoms with van der Waals surface area (Å²) < 4.78 is 0. The Hall–Kier alpha value is -2.16. The standard InChI is InChI=1S/C6H8O7.C5H10O2/c7-3(8)1-6(13,5(11)12)2-4(9)10;1-2-3-4-5(6)7/h13H,1-2H2,(H,7,8)(H,9,10)(H,11,12);2-4H2,1H3,(H,6,7). The zero-order valence-electron chi connectivity index (χ0n) is 10.9. The first-order chi connectivity index (χ1) is 9.05. The van der Waals surface area contributed by atoms with Crippen molar-refractivity contribution in [2.45, 2.75) is 44.6 Å². The van der Waals surface area contributed by atoms with Crippen LogP contribution in [0.3, 0.4) is 0 Å². The Balaban J connectivity index is 0. The van der Waals surface area contributed by atoms with Crippen LogP contribution in [-0.2, 0) is 19.2 Å². The second-order valence-electron chi connectivity index (χ2n) is 3.98. The highest BCUT2D eigenvalue weighted by atomic mass is 16.4. The van der Waals surface area contributed by atoms with E-state index in [0.29, 0.717) is 6.42 Å². The van der Waals surface area contributed by atoms with Gasteiger partial charge in [0.2, 0.25) is 0 Å². The lowest BCUT2D eigenvalue weighted by Gasteiger charge is -2.18. The largest absolute Gasteiger partial charge is 0.481 e. The van der Waals surface area contributed by atoms with Gasteiger partial charge in [-0.3, -0.25) is 14.4 Å². The number of aliphatic carboxylic acids is 4. The van der Waals surface area contributed by atoms with Crippen molar-refractivity contribution < 1.29 is 44.7 Å². The van der Waals surface area contributed by atoms with Gasteiger partial charge in [-0.1, -0.05) is 13.3 Å². The number of unbranched alkanes of at least 4 members (excludes halogenated alkanes) is 1. The highest BCUT2D eigenvalue weighted by molar-refractivity contribution is 5.88. The molecule has 0 aliphatic heterocycles. The smallest absolute Gasteiger partial charge is 0.336 e. The summed E-state index contributed by atoms with van der Waals surface area (Å²) in [4.78, 5) is 40.2. The van der Waals surface area contributed by atoms with Crippen LogP contribution in [-0.4, -0.2) is 55.0 Å². The van der Waals surface area contributed by atoms with E-state index in [2.05, 4.69) is 0 Å². The number of carboxylic acid groups (broad SMARTS) is 4. The summed E-state index contributed by atoms with van der Waals surface area (Å²) in [6.45, 7) is 1.98. The van der Waals surface area contributed by atoms with Crippen molar-refractivity contribution in [3.05, 3.63) is 0 Å². The van der Waals surface area contributed by atoms with Crippen molar-refractivity contribution in [3.63, 3.8) is 0 Å². The molecule has 116 valence electrons. The second kappa shape index (κ2) is 9.73. The van der Waals surface area contributed by atoms with E-state index < -0.39 is 42.3 Å². The molecule has 20 heavy (non-hydrogen) atoms. The van der Waals surface area contributed by atoms with Gasteiger partial charge in [0.05, 0.1) is 12.8 Å². The van der Waals surface area contributed by atoms with Gasteiger partial charge in [0.25, 0.3) is 0 Å². The molecule has 0 unspecified atom stereocenters. The van der Waals surface area contributed by atoms with Crippen molar-refractivity contribution in [2.75, 3.05) is 0 Å². The normalized spacial score (nSPS) is 10.1. The van der Waals surface area contributed by atoms with Crippen molar-refractivity contribution in [1.82, 2.24) is 0 Å².